The third kappa shape index (κ3) is 4.85. The molecule has 2 aromatic carbocycles. The van der Waals surface area contributed by atoms with Gasteiger partial charge in [-0.15, -0.1) is 0 Å². The number of halogens is 1. The summed E-state index contributed by atoms with van der Waals surface area (Å²) in [5, 5.41) is 0.701. The largest absolute Gasteiger partial charge is 0.493 e. The number of hydrogen-bond acceptors (Lipinski definition) is 6. The van der Waals surface area contributed by atoms with Crippen molar-refractivity contribution in [2.45, 2.75) is 26.2 Å². The molecule has 1 fully saturated rings. The highest BCUT2D eigenvalue weighted by molar-refractivity contribution is 6.30. The SMILES string of the molecule is COc1ccc(-c2nc(C(C)(C)C)oc2C(=O)N2CCN(c3cccc(Cl)c3)CC2)cc1OC. The van der Waals surface area contributed by atoms with Gasteiger partial charge in [-0.05, 0) is 36.4 Å². The van der Waals surface area contributed by atoms with E-state index < -0.39 is 0 Å². The van der Waals surface area contributed by atoms with Gasteiger partial charge >= 0.3 is 0 Å². The molecule has 1 aliphatic rings. The second-order valence-corrected chi connectivity index (χ2v) is 9.71. The summed E-state index contributed by atoms with van der Waals surface area (Å²) in [4.78, 5) is 22.4. The molecule has 8 heteroatoms. The van der Waals surface area contributed by atoms with Crippen LogP contribution in [0.5, 0.6) is 11.5 Å². The Bertz CT molecular complexity index is 1180. The van der Waals surface area contributed by atoms with Crippen LogP contribution in [0.3, 0.4) is 0 Å². The predicted molar refractivity (Wildman–Crippen MR) is 133 cm³/mol. The van der Waals surface area contributed by atoms with E-state index in [1.54, 1.807) is 20.3 Å². The van der Waals surface area contributed by atoms with Crippen molar-refractivity contribution in [3.8, 4) is 22.8 Å². The lowest BCUT2D eigenvalue weighted by Gasteiger charge is -2.35. The summed E-state index contributed by atoms with van der Waals surface area (Å²) in [7, 11) is 3.17. The van der Waals surface area contributed by atoms with Gasteiger partial charge in [-0.2, -0.15) is 0 Å². The fourth-order valence-corrected chi connectivity index (χ4v) is 4.13. The van der Waals surface area contributed by atoms with Crippen LogP contribution in [-0.4, -0.2) is 56.2 Å². The summed E-state index contributed by atoms with van der Waals surface area (Å²) in [6.07, 6.45) is 0. The number of oxazole rings is 1. The summed E-state index contributed by atoms with van der Waals surface area (Å²) in [5.74, 6) is 1.76. The second kappa shape index (κ2) is 9.58. The Morgan fingerprint density at radius 1 is 1.00 bits per heavy atom. The zero-order valence-electron chi connectivity index (χ0n) is 20.2. The lowest BCUT2D eigenvalue weighted by atomic mass is 9.97. The van der Waals surface area contributed by atoms with Gasteiger partial charge in [-0.1, -0.05) is 38.4 Å². The third-order valence-electron chi connectivity index (χ3n) is 5.86. The van der Waals surface area contributed by atoms with Crippen LogP contribution in [0.1, 0.15) is 37.2 Å². The topological polar surface area (TPSA) is 68.0 Å². The van der Waals surface area contributed by atoms with Crippen LogP contribution in [-0.2, 0) is 5.41 Å². The minimum atomic E-state index is -0.352. The molecule has 0 spiro atoms. The number of rotatable bonds is 5. The van der Waals surface area contributed by atoms with E-state index in [-0.39, 0.29) is 17.1 Å². The molecule has 0 aliphatic carbocycles. The fraction of sp³-hybridized carbons (Fsp3) is 0.385. The second-order valence-electron chi connectivity index (χ2n) is 9.28. The molecular formula is C26H30ClN3O4. The van der Waals surface area contributed by atoms with Crippen LogP contribution in [0, 0.1) is 0 Å². The molecule has 180 valence electrons. The Labute approximate surface area is 205 Å². The summed E-state index contributed by atoms with van der Waals surface area (Å²) in [5.41, 5.74) is 1.95. The number of piperazine rings is 1. The molecular weight excluding hydrogens is 454 g/mol. The minimum Gasteiger partial charge on any atom is -0.493 e. The fourth-order valence-electron chi connectivity index (χ4n) is 3.95. The summed E-state index contributed by atoms with van der Waals surface area (Å²) < 4.78 is 16.9. The van der Waals surface area contributed by atoms with Gasteiger partial charge in [0, 0.05) is 47.9 Å². The van der Waals surface area contributed by atoms with Crippen molar-refractivity contribution in [2.75, 3.05) is 45.3 Å². The van der Waals surface area contributed by atoms with Crippen LogP contribution in [0.4, 0.5) is 5.69 Å². The maximum Gasteiger partial charge on any atom is 0.292 e. The van der Waals surface area contributed by atoms with Crippen molar-refractivity contribution in [2.24, 2.45) is 0 Å². The highest BCUT2D eigenvalue weighted by Crippen LogP contribution is 2.36. The Morgan fingerprint density at radius 2 is 1.71 bits per heavy atom. The zero-order chi connectivity index (χ0) is 24.5. The molecule has 1 saturated heterocycles. The number of carbonyl (C=O) groups excluding carboxylic acids is 1. The first-order valence-corrected chi connectivity index (χ1v) is 11.6. The molecule has 0 saturated carbocycles. The molecule has 1 amide bonds. The number of benzene rings is 2. The average molecular weight is 484 g/mol. The first kappa shape index (κ1) is 24.0. The Hall–Kier alpha value is -3.19. The number of aromatic nitrogens is 1. The van der Waals surface area contributed by atoms with Crippen molar-refractivity contribution in [1.82, 2.24) is 9.88 Å². The van der Waals surface area contributed by atoms with Crippen molar-refractivity contribution in [3.05, 3.63) is 59.1 Å². The predicted octanol–water partition coefficient (Wildman–Crippen LogP) is 5.27. The first-order chi connectivity index (χ1) is 16.2. The highest BCUT2D eigenvalue weighted by atomic mass is 35.5. The van der Waals surface area contributed by atoms with Crippen LogP contribution in [0.15, 0.2) is 46.9 Å². The standard InChI is InChI=1S/C26H30ClN3O4/c1-26(2,3)25-28-22(17-9-10-20(32-4)21(15-17)33-5)23(34-25)24(31)30-13-11-29(12-14-30)19-8-6-7-18(27)16-19/h6-10,15-16H,11-14H2,1-5H3. The van der Waals surface area contributed by atoms with Gasteiger partial charge in [0.25, 0.3) is 5.91 Å². The smallest absolute Gasteiger partial charge is 0.292 e. The molecule has 0 N–H and O–H groups in total. The van der Waals surface area contributed by atoms with Gasteiger partial charge in [-0.25, -0.2) is 4.98 Å². The van der Waals surface area contributed by atoms with E-state index in [1.807, 2.05) is 62.1 Å². The Kier molecular flexibility index (Phi) is 6.75. The van der Waals surface area contributed by atoms with Crippen LogP contribution < -0.4 is 14.4 Å². The molecule has 7 nitrogen and oxygen atoms in total. The van der Waals surface area contributed by atoms with Crippen LogP contribution in [0.2, 0.25) is 5.02 Å². The molecule has 34 heavy (non-hydrogen) atoms. The van der Waals surface area contributed by atoms with Crippen molar-refractivity contribution in [1.29, 1.82) is 0 Å². The Morgan fingerprint density at radius 3 is 2.32 bits per heavy atom. The Balaban J connectivity index is 1.62. The van der Waals surface area contributed by atoms with E-state index in [9.17, 15) is 4.79 Å². The average Bonchev–Trinajstić information content (AvgIpc) is 3.29. The molecule has 0 bridgehead atoms. The molecule has 4 rings (SSSR count). The van der Waals surface area contributed by atoms with Crippen molar-refractivity contribution >= 4 is 23.2 Å². The maximum atomic E-state index is 13.6. The summed E-state index contributed by atoms with van der Waals surface area (Å²) in [6, 6.07) is 13.3. The van der Waals surface area contributed by atoms with Crippen molar-refractivity contribution < 1.29 is 18.7 Å². The number of nitrogens with zero attached hydrogens (tertiary/aromatic N) is 3. The van der Waals surface area contributed by atoms with Gasteiger partial charge in [0.15, 0.2) is 11.5 Å². The molecule has 0 atom stereocenters. The number of carbonyl (C=O) groups is 1. The molecule has 1 aromatic heterocycles. The van der Waals surface area contributed by atoms with Gasteiger partial charge in [0.05, 0.1) is 14.2 Å². The van der Waals surface area contributed by atoms with Gasteiger partial charge in [0.1, 0.15) is 5.69 Å². The molecule has 0 unspecified atom stereocenters. The van der Waals surface area contributed by atoms with E-state index in [1.165, 1.54) is 0 Å². The van der Waals surface area contributed by atoms with Crippen LogP contribution in [0.25, 0.3) is 11.3 Å². The monoisotopic (exact) mass is 483 g/mol. The van der Waals surface area contributed by atoms with Gasteiger partial charge in [0.2, 0.25) is 11.7 Å². The molecule has 1 aliphatic heterocycles. The number of amides is 1. The summed E-state index contributed by atoms with van der Waals surface area (Å²) in [6.45, 7) is 8.58. The zero-order valence-corrected chi connectivity index (χ0v) is 21.0. The van der Waals surface area contributed by atoms with Crippen LogP contribution >= 0.6 is 11.6 Å². The van der Waals surface area contributed by atoms with Gasteiger partial charge in [-0.3, -0.25) is 4.79 Å². The van der Waals surface area contributed by atoms with Crippen molar-refractivity contribution in [3.63, 3.8) is 0 Å². The number of anilines is 1. The molecule has 0 radical (unpaired) electrons. The lowest BCUT2D eigenvalue weighted by molar-refractivity contribution is 0.0712. The van der Waals surface area contributed by atoms with E-state index in [2.05, 4.69) is 4.90 Å². The number of ether oxygens (including phenoxy) is 2. The lowest BCUT2D eigenvalue weighted by Crippen LogP contribution is -2.48. The summed E-state index contributed by atoms with van der Waals surface area (Å²) >= 11 is 6.15. The van der Waals surface area contributed by atoms with E-state index in [0.717, 1.165) is 11.3 Å². The van der Waals surface area contributed by atoms with E-state index >= 15 is 0 Å². The number of methoxy groups -OCH3 is 2. The third-order valence-corrected chi connectivity index (χ3v) is 6.10. The quantitative estimate of drug-likeness (QED) is 0.492. The normalized spacial score (nSPS) is 14.3. The highest BCUT2D eigenvalue weighted by Gasteiger charge is 2.32. The van der Waals surface area contributed by atoms with E-state index in [4.69, 9.17) is 30.5 Å². The minimum absolute atomic E-state index is 0.168. The first-order valence-electron chi connectivity index (χ1n) is 11.2. The number of hydrogen-bond donors (Lipinski definition) is 0. The maximum absolute atomic E-state index is 13.6. The van der Waals surface area contributed by atoms with Gasteiger partial charge < -0.3 is 23.7 Å². The molecule has 2 heterocycles. The van der Waals surface area contributed by atoms with E-state index in [0.29, 0.717) is 54.3 Å². The molecule has 3 aromatic rings.